The molecule has 0 spiro atoms. The van der Waals surface area contributed by atoms with Crippen LogP contribution in [0.15, 0.2) is 36.4 Å². The number of anilines is 1. The maximum absolute atomic E-state index is 12.9. The Balaban J connectivity index is 1.82. The second-order valence-corrected chi connectivity index (χ2v) is 7.36. The lowest BCUT2D eigenvalue weighted by molar-refractivity contribution is 0.102. The Morgan fingerprint density at radius 1 is 1.30 bits per heavy atom. The van der Waals surface area contributed by atoms with E-state index in [-0.39, 0.29) is 11.8 Å². The van der Waals surface area contributed by atoms with Gasteiger partial charge in [-0.3, -0.25) is 15.5 Å². The molecule has 0 aliphatic carbocycles. The number of amidine groups is 1. The van der Waals surface area contributed by atoms with Gasteiger partial charge in [-0.2, -0.15) is 5.21 Å². The number of aromatic amines is 1. The van der Waals surface area contributed by atoms with E-state index in [9.17, 15) is 4.79 Å². The number of methoxy groups -OCH3 is 1. The van der Waals surface area contributed by atoms with E-state index >= 15 is 0 Å². The van der Waals surface area contributed by atoms with Crippen molar-refractivity contribution in [2.45, 2.75) is 6.92 Å². The number of carbonyl (C=O) groups is 1. The van der Waals surface area contributed by atoms with Gasteiger partial charge >= 0.3 is 0 Å². The first-order chi connectivity index (χ1) is 14.5. The molecular formula is C19H17N7O3S. The number of H-pyrrole nitrogens is 1. The summed E-state index contributed by atoms with van der Waals surface area (Å²) in [6.45, 7) is 1.91. The Kier molecular flexibility index (Phi) is 5.02. The molecule has 0 saturated heterocycles. The van der Waals surface area contributed by atoms with Gasteiger partial charge in [0.05, 0.1) is 7.11 Å². The summed E-state index contributed by atoms with van der Waals surface area (Å²) in [5.41, 5.74) is 7.00. The smallest absolute Gasteiger partial charge is 0.272 e. The van der Waals surface area contributed by atoms with Crippen LogP contribution in [0.5, 0.6) is 17.2 Å². The Bertz CT molecular complexity index is 1250. The molecular weight excluding hydrogens is 406 g/mol. The highest BCUT2D eigenvalue weighted by molar-refractivity contribution is 7.21. The molecule has 4 rings (SSSR count). The van der Waals surface area contributed by atoms with Gasteiger partial charge < -0.3 is 15.2 Å². The number of nitrogens with one attached hydrogen (secondary N) is 3. The maximum Gasteiger partial charge on any atom is 0.272 e. The summed E-state index contributed by atoms with van der Waals surface area (Å²) in [5, 5.41) is 24.2. The lowest BCUT2D eigenvalue weighted by Gasteiger charge is -2.10. The fourth-order valence-electron chi connectivity index (χ4n) is 2.90. The molecule has 10 nitrogen and oxygen atoms in total. The molecule has 4 aromatic rings. The summed E-state index contributed by atoms with van der Waals surface area (Å²) in [7, 11) is 1.59. The number of hydrogen-bond acceptors (Lipinski definition) is 8. The zero-order chi connectivity index (χ0) is 21.3. The molecule has 30 heavy (non-hydrogen) atoms. The number of aromatic nitrogens is 4. The molecule has 11 heteroatoms. The van der Waals surface area contributed by atoms with Crippen molar-refractivity contribution in [1.82, 2.24) is 20.6 Å². The largest absolute Gasteiger partial charge is 0.496 e. The second-order valence-electron chi connectivity index (χ2n) is 6.31. The van der Waals surface area contributed by atoms with E-state index in [2.05, 4.69) is 25.9 Å². The van der Waals surface area contributed by atoms with Crippen molar-refractivity contribution in [2.75, 3.05) is 12.4 Å². The normalized spacial score (nSPS) is 10.7. The van der Waals surface area contributed by atoms with Crippen LogP contribution in [0.3, 0.4) is 0 Å². The number of benzene rings is 2. The van der Waals surface area contributed by atoms with Crippen LogP contribution in [-0.4, -0.2) is 39.5 Å². The van der Waals surface area contributed by atoms with Gasteiger partial charge in [0.15, 0.2) is 5.75 Å². The van der Waals surface area contributed by atoms with Gasteiger partial charge in [-0.25, -0.2) is 0 Å². The number of thiophene rings is 1. The fourth-order valence-corrected chi connectivity index (χ4v) is 3.93. The number of tetrazole rings is 1. The van der Waals surface area contributed by atoms with Crippen molar-refractivity contribution >= 4 is 39.1 Å². The Labute approximate surface area is 174 Å². The third-order valence-corrected chi connectivity index (χ3v) is 5.43. The second kappa shape index (κ2) is 7.79. The topological polar surface area (TPSA) is 152 Å². The van der Waals surface area contributed by atoms with Crippen molar-refractivity contribution in [2.24, 2.45) is 5.73 Å². The third kappa shape index (κ3) is 3.65. The number of fused-ring (bicyclic) bond motifs is 1. The molecule has 0 saturated carbocycles. The maximum atomic E-state index is 12.9. The van der Waals surface area contributed by atoms with E-state index in [1.807, 2.05) is 19.1 Å². The van der Waals surface area contributed by atoms with E-state index < -0.39 is 5.91 Å². The van der Waals surface area contributed by atoms with Crippen molar-refractivity contribution in [3.63, 3.8) is 0 Å². The average Bonchev–Trinajstić information content (AvgIpc) is 3.36. The molecule has 0 atom stereocenters. The van der Waals surface area contributed by atoms with Gasteiger partial charge in [-0.05, 0) is 42.0 Å². The van der Waals surface area contributed by atoms with Gasteiger partial charge in [0, 0.05) is 15.6 Å². The van der Waals surface area contributed by atoms with Crippen molar-refractivity contribution in [1.29, 1.82) is 5.41 Å². The molecule has 0 radical (unpaired) electrons. The standard InChI is InChI=1S/C19H17N7O3S/c1-9-6-12-14(8-13(9)28-2)30-16(18(27)22-19-23-25-26-24-19)15(12)29-11-5-3-4-10(7-11)17(20)21/h3-8H,1-2H3,(H3,20,21)(H2,22,23,24,25,26,27). The number of carbonyl (C=O) groups excluding carboxylic acids is 1. The van der Waals surface area contributed by atoms with Gasteiger partial charge in [0.2, 0.25) is 0 Å². The number of nitrogens with zero attached hydrogens (tertiary/aromatic N) is 3. The summed E-state index contributed by atoms with van der Waals surface area (Å²) in [6, 6.07) is 10.6. The molecule has 0 bridgehead atoms. The molecule has 0 unspecified atom stereocenters. The third-order valence-electron chi connectivity index (χ3n) is 4.30. The molecule has 1 amide bonds. The van der Waals surface area contributed by atoms with Crippen LogP contribution in [0.25, 0.3) is 10.1 Å². The predicted octanol–water partition coefficient (Wildman–Crippen LogP) is 3.06. The summed E-state index contributed by atoms with van der Waals surface area (Å²) in [5.74, 6) is 1.07. The fraction of sp³-hybridized carbons (Fsp3) is 0.105. The first-order valence-electron chi connectivity index (χ1n) is 8.74. The van der Waals surface area contributed by atoms with Crippen molar-refractivity contribution < 1.29 is 14.3 Å². The minimum Gasteiger partial charge on any atom is -0.496 e. The van der Waals surface area contributed by atoms with Crippen molar-refractivity contribution in [3.8, 4) is 17.2 Å². The molecule has 5 N–H and O–H groups in total. The number of rotatable bonds is 6. The average molecular weight is 423 g/mol. The first kappa shape index (κ1) is 19.3. The molecule has 152 valence electrons. The lowest BCUT2D eigenvalue weighted by atomic mass is 10.1. The number of amides is 1. The zero-order valence-corrected chi connectivity index (χ0v) is 16.8. The minimum atomic E-state index is -0.438. The highest BCUT2D eigenvalue weighted by atomic mass is 32.1. The SMILES string of the molecule is COc1cc2sc(C(=O)Nc3nn[nH]n3)c(Oc3cccc(C(=N)N)c3)c2cc1C. The van der Waals surface area contributed by atoms with Crippen LogP contribution in [-0.2, 0) is 0 Å². The number of nitrogen functional groups attached to an aromatic ring is 1. The monoisotopic (exact) mass is 423 g/mol. The zero-order valence-electron chi connectivity index (χ0n) is 16.0. The lowest BCUT2D eigenvalue weighted by Crippen LogP contribution is -2.12. The molecule has 2 aromatic heterocycles. The Morgan fingerprint density at radius 2 is 2.13 bits per heavy atom. The predicted molar refractivity (Wildman–Crippen MR) is 113 cm³/mol. The minimum absolute atomic E-state index is 0.0516. The van der Waals surface area contributed by atoms with Crippen LogP contribution in [0.4, 0.5) is 5.95 Å². The highest BCUT2D eigenvalue weighted by Crippen LogP contribution is 2.43. The van der Waals surface area contributed by atoms with E-state index in [0.29, 0.717) is 27.7 Å². The van der Waals surface area contributed by atoms with Gasteiger partial charge in [-0.15, -0.1) is 16.4 Å². The summed E-state index contributed by atoms with van der Waals surface area (Å²) >= 11 is 1.25. The van der Waals surface area contributed by atoms with E-state index in [1.54, 1.807) is 31.4 Å². The van der Waals surface area contributed by atoms with Crippen LogP contribution in [0.2, 0.25) is 0 Å². The van der Waals surface area contributed by atoms with Gasteiger partial charge in [0.25, 0.3) is 11.9 Å². The Morgan fingerprint density at radius 3 is 2.83 bits per heavy atom. The summed E-state index contributed by atoms with van der Waals surface area (Å²) < 4.78 is 12.3. The van der Waals surface area contributed by atoms with Crippen LogP contribution in [0, 0.1) is 12.3 Å². The first-order valence-corrected chi connectivity index (χ1v) is 9.56. The van der Waals surface area contributed by atoms with E-state index in [4.69, 9.17) is 20.6 Å². The van der Waals surface area contributed by atoms with Crippen LogP contribution in [0.1, 0.15) is 20.8 Å². The molecule has 0 aliphatic heterocycles. The number of nitrogens with two attached hydrogens (primary N) is 1. The number of aryl methyl sites for hydroxylation is 1. The van der Waals surface area contributed by atoms with Gasteiger partial charge in [0.1, 0.15) is 22.2 Å². The summed E-state index contributed by atoms with van der Waals surface area (Å²) in [4.78, 5) is 13.2. The molecule has 2 aromatic carbocycles. The molecule has 0 fully saturated rings. The van der Waals surface area contributed by atoms with Gasteiger partial charge in [-0.1, -0.05) is 17.2 Å². The number of hydrogen-bond donors (Lipinski definition) is 4. The quantitative estimate of drug-likeness (QED) is 0.275. The van der Waals surface area contributed by atoms with Crippen LogP contribution >= 0.6 is 11.3 Å². The summed E-state index contributed by atoms with van der Waals surface area (Å²) in [6.07, 6.45) is 0. The van der Waals surface area contributed by atoms with E-state index in [0.717, 1.165) is 15.6 Å². The number of ether oxygens (including phenoxy) is 2. The van der Waals surface area contributed by atoms with Crippen molar-refractivity contribution in [3.05, 3.63) is 52.4 Å². The van der Waals surface area contributed by atoms with Crippen LogP contribution < -0.4 is 20.5 Å². The molecule has 0 aliphatic rings. The molecule has 2 heterocycles. The Hall–Kier alpha value is -3.99. The van der Waals surface area contributed by atoms with E-state index in [1.165, 1.54) is 11.3 Å². The highest BCUT2D eigenvalue weighted by Gasteiger charge is 2.23.